The Bertz CT molecular complexity index is 571. The van der Waals surface area contributed by atoms with E-state index in [4.69, 9.17) is 0 Å². The molecule has 1 unspecified atom stereocenters. The molecule has 0 aliphatic rings. The van der Waals surface area contributed by atoms with Crippen LogP contribution in [0.4, 0.5) is 10.2 Å². The summed E-state index contributed by atoms with van der Waals surface area (Å²) in [6.07, 6.45) is 1.79. The Labute approximate surface area is 119 Å². The van der Waals surface area contributed by atoms with Gasteiger partial charge in [-0.15, -0.1) is 0 Å². The normalized spacial score (nSPS) is 12.2. The number of hydrogen-bond donors (Lipinski definition) is 1. The standard InChI is InChI=1S/C16H20FN3/c1-12(18-2)13-8-9-19-16(10-13)20(3)11-14-6-4-5-7-15(14)17/h4-10,12,18H,11H2,1-3H3. The molecular formula is C16H20FN3. The lowest BCUT2D eigenvalue weighted by Crippen LogP contribution is -2.19. The number of aromatic nitrogens is 1. The van der Waals surface area contributed by atoms with E-state index < -0.39 is 0 Å². The summed E-state index contributed by atoms with van der Waals surface area (Å²) in [4.78, 5) is 6.31. The molecule has 0 aliphatic carbocycles. The van der Waals surface area contributed by atoms with E-state index in [0.717, 1.165) is 11.4 Å². The maximum Gasteiger partial charge on any atom is 0.128 e. The van der Waals surface area contributed by atoms with Crippen molar-refractivity contribution in [1.29, 1.82) is 0 Å². The molecule has 20 heavy (non-hydrogen) atoms. The first-order valence-corrected chi connectivity index (χ1v) is 6.69. The predicted molar refractivity (Wildman–Crippen MR) is 80.2 cm³/mol. The van der Waals surface area contributed by atoms with E-state index in [2.05, 4.69) is 17.2 Å². The molecule has 1 aromatic carbocycles. The summed E-state index contributed by atoms with van der Waals surface area (Å²) >= 11 is 0. The first-order valence-electron chi connectivity index (χ1n) is 6.69. The first kappa shape index (κ1) is 14.5. The van der Waals surface area contributed by atoms with Crippen molar-refractivity contribution in [2.45, 2.75) is 19.5 Å². The lowest BCUT2D eigenvalue weighted by molar-refractivity contribution is 0.607. The topological polar surface area (TPSA) is 28.2 Å². The second-order valence-corrected chi connectivity index (χ2v) is 4.91. The van der Waals surface area contributed by atoms with Gasteiger partial charge in [-0.3, -0.25) is 0 Å². The molecule has 0 saturated carbocycles. The second kappa shape index (κ2) is 6.48. The van der Waals surface area contributed by atoms with Gasteiger partial charge in [0.05, 0.1) is 0 Å². The first-order chi connectivity index (χ1) is 9.61. The number of pyridine rings is 1. The van der Waals surface area contributed by atoms with Crippen LogP contribution in [0.1, 0.15) is 24.1 Å². The zero-order valence-electron chi connectivity index (χ0n) is 12.1. The highest BCUT2D eigenvalue weighted by atomic mass is 19.1. The van der Waals surface area contributed by atoms with Gasteiger partial charge < -0.3 is 10.2 Å². The van der Waals surface area contributed by atoms with Gasteiger partial charge in [-0.25, -0.2) is 9.37 Å². The highest BCUT2D eigenvalue weighted by Gasteiger charge is 2.09. The van der Waals surface area contributed by atoms with Gasteiger partial charge in [-0.05, 0) is 37.7 Å². The third-order valence-electron chi connectivity index (χ3n) is 3.46. The van der Waals surface area contributed by atoms with Crippen LogP contribution >= 0.6 is 0 Å². The molecule has 0 bridgehead atoms. The average Bonchev–Trinajstić information content (AvgIpc) is 2.49. The summed E-state index contributed by atoms with van der Waals surface area (Å²) in [7, 11) is 3.84. The van der Waals surface area contributed by atoms with Crippen molar-refractivity contribution in [3.05, 3.63) is 59.5 Å². The van der Waals surface area contributed by atoms with Crippen molar-refractivity contribution in [2.75, 3.05) is 19.0 Å². The number of benzene rings is 1. The molecule has 0 amide bonds. The lowest BCUT2D eigenvalue weighted by Gasteiger charge is -2.20. The van der Waals surface area contributed by atoms with E-state index in [9.17, 15) is 4.39 Å². The Morgan fingerprint density at radius 1 is 1.30 bits per heavy atom. The summed E-state index contributed by atoms with van der Waals surface area (Å²) < 4.78 is 13.7. The molecule has 1 aromatic heterocycles. The molecule has 4 heteroatoms. The van der Waals surface area contributed by atoms with Crippen LogP contribution in [-0.4, -0.2) is 19.1 Å². The van der Waals surface area contributed by atoms with Crippen LogP contribution in [0, 0.1) is 5.82 Å². The van der Waals surface area contributed by atoms with Crippen molar-refractivity contribution in [3.8, 4) is 0 Å². The summed E-state index contributed by atoms with van der Waals surface area (Å²) in [6, 6.07) is 11.1. The highest BCUT2D eigenvalue weighted by Crippen LogP contribution is 2.19. The lowest BCUT2D eigenvalue weighted by atomic mass is 10.1. The van der Waals surface area contributed by atoms with Crippen LogP contribution in [-0.2, 0) is 6.54 Å². The van der Waals surface area contributed by atoms with Crippen LogP contribution in [0.5, 0.6) is 0 Å². The van der Waals surface area contributed by atoms with Crippen molar-refractivity contribution in [1.82, 2.24) is 10.3 Å². The smallest absolute Gasteiger partial charge is 0.128 e. The van der Waals surface area contributed by atoms with Crippen molar-refractivity contribution in [3.63, 3.8) is 0 Å². The minimum Gasteiger partial charge on any atom is -0.355 e. The van der Waals surface area contributed by atoms with Gasteiger partial charge in [0.15, 0.2) is 0 Å². The van der Waals surface area contributed by atoms with E-state index in [1.54, 1.807) is 18.3 Å². The third-order valence-corrected chi connectivity index (χ3v) is 3.46. The number of anilines is 1. The molecule has 1 atom stereocenters. The minimum atomic E-state index is -0.181. The maximum atomic E-state index is 13.7. The van der Waals surface area contributed by atoms with Gasteiger partial charge in [0.2, 0.25) is 0 Å². The number of rotatable bonds is 5. The highest BCUT2D eigenvalue weighted by molar-refractivity contribution is 5.42. The average molecular weight is 273 g/mol. The second-order valence-electron chi connectivity index (χ2n) is 4.91. The predicted octanol–water partition coefficient (Wildman–Crippen LogP) is 3.14. The number of hydrogen-bond acceptors (Lipinski definition) is 3. The fourth-order valence-corrected chi connectivity index (χ4v) is 2.04. The Balaban J connectivity index is 2.17. The molecule has 0 radical (unpaired) electrons. The molecule has 1 N–H and O–H groups in total. The van der Waals surface area contributed by atoms with E-state index in [-0.39, 0.29) is 11.9 Å². The van der Waals surface area contributed by atoms with Gasteiger partial charge in [0.1, 0.15) is 11.6 Å². The largest absolute Gasteiger partial charge is 0.355 e. The fraction of sp³-hybridized carbons (Fsp3) is 0.312. The minimum absolute atomic E-state index is 0.181. The van der Waals surface area contributed by atoms with Crippen LogP contribution < -0.4 is 10.2 Å². The molecule has 2 rings (SSSR count). The van der Waals surface area contributed by atoms with E-state index in [1.165, 1.54) is 6.07 Å². The van der Waals surface area contributed by atoms with Gasteiger partial charge in [-0.1, -0.05) is 18.2 Å². The summed E-state index contributed by atoms with van der Waals surface area (Å²) in [5.74, 6) is 0.659. The quantitative estimate of drug-likeness (QED) is 0.907. The van der Waals surface area contributed by atoms with Crippen LogP contribution in [0.25, 0.3) is 0 Å². The molecule has 0 saturated heterocycles. The molecule has 2 aromatic rings. The SMILES string of the molecule is CNC(C)c1ccnc(N(C)Cc2ccccc2F)c1. The molecule has 3 nitrogen and oxygen atoms in total. The number of nitrogens with zero attached hydrogens (tertiary/aromatic N) is 2. The molecule has 106 valence electrons. The Hall–Kier alpha value is -1.94. The van der Waals surface area contributed by atoms with Gasteiger partial charge in [0, 0.05) is 31.4 Å². The van der Waals surface area contributed by atoms with E-state index in [1.807, 2.05) is 37.2 Å². The molecule has 1 heterocycles. The summed E-state index contributed by atoms with van der Waals surface area (Å²) in [5.41, 5.74) is 1.83. The van der Waals surface area contributed by atoms with Crippen molar-refractivity contribution >= 4 is 5.82 Å². The van der Waals surface area contributed by atoms with E-state index in [0.29, 0.717) is 12.1 Å². The zero-order valence-corrected chi connectivity index (χ0v) is 12.1. The summed E-state index contributed by atoms with van der Waals surface area (Å²) in [6.45, 7) is 2.59. The van der Waals surface area contributed by atoms with E-state index >= 15 is 0 Å². The van der Waals surface area contributed by atoms with Gasteiger partial charge in [-0.2, -0.15) is 0 Å². The molecule has 0 aliphatic heterocycles. The fourth-order valence-electron chi connectivity index (χ4n) is 2.04. The van der Waals surface area contributed by atoms with Crippen LogP contribution in [0.2, 0.25) is 0 Å². The third kappa shape index (κ3) is 3.33. The summed E-state index contributed by atoms with van der Waals surface area (Å²) in [5, 5.41) is 3.20. The van der Waals surface area contributed by atoms with Crippen molar-refractivity contribution < 1.29 is 4.39 Å². The molecular weight excluding hydrogens is 253 g/mol. The number of halogens is 1. The van der Waals surface area contributed by atoms with Gasteiger partial charge >= 0.3 is 0 Å². The van der Waals surface area contributed by atoms with Crippen molar-refractivity contribution in [2.24, 2.45) is 0 Å². The Kier molecular flexibility index (Phi) is 4.69. The Morgan fingerprint density at radius 3 is 2.75 bits per heavy atom. The van der Waals surface area contributed by atoms with Crippen LogP contribution in [0.15, 0.2) is 42.6 Å². The maximum absolute atomic E-state index is 13.7. The number of nitrogens with one attached hydrogen (secondary N) is 1. The molecule has 0 fully saturated rings. The van der Waals surface area contributed by atoms with Gasteiger partial charge in [0.25, 0.3) is 0 Å². The Morgan fingerprint density at radius 2 is 2.05 bits per heavy atom. The zero-order chi connectivity index (χ0) is 14.5. The monoisotopic (exact) mass is 273 g/mol. The van der Waals surface area contributed by atoms with Crippen LogP contribution in [0.3, 0.4) is 0 Å². The molecule has 0 spiro atoms.